The Hall–Kier alpha value is -2.01. The first-order chi connectivity index (χ1) is 9.92. The minimum Gasteiger partial charge on any atom is -0.258 e. The van der Waals surface area contributed by atoms with E-state index < -0.39 is 10.0 Å². The second-order valence-corrected chi connectivity index (χ2v) is 6.37. The van der Waals surface area contributed by atoms with Crippen LogP contribution in [0, 0.1) is 18.3 Å². The molecule has 6 nitrogen and oxygen atoms in total. The lowest BCUT2D eigenvalue weighted by Gasteiger charge is -2.08. The Morgan fingerprint density at radius 3 is 2.67 bits per heavy atom. The van der Waals surface area contributed by atoms with Gasteiger partial charge in [-0.3, -0.25) is 9.97 Å². The molecule has 0 fully saturated rings. The van der Waals surface area contributed by atoms with Crippen LogP contribution in [0.5, 0.6) is 0 Å². The third-order valence-electron chi connectivity index (χ3n) is 2.63. The van der Waals surface area contributed by atoms with Crippen molar-refractivity contribution in [3.63, 3.8) is 0 Å². The third kappa shape index (κ3) is 3.76. The molecule has 2 aromatic rings. The van der Waals surface area contributed by atoms with Crippen LogP contribution in [-0.4, -0.2) is 18.4 Å². The van der Waals surface area contributed by atoms with E-state index in [9.17, 15) is 8.42 Å². The molecule has 1 aromatic carbocycles. The molecule has 0 unspecified atom stereocenters. The molecule has 1 N–H and O–H groups in total. The molecular weight excluding hydrogens is 312 g/mol. The lowest BCUT2D eigenvalue weighted by atomic mass is 10.2. The lowest BCUT2D eigenvalue weighted by Crippen LogP contribution is -2.24. The summed E-state index contributed by atoms with van der Waals surface area (Å²) >= 11 is 5.90. The normalized spacial score (nSPS) is 11.1. The maximum Gasteiger partial charge on any atom is 0.242 e. The molecule has 0 amide bonds. The van der Waals surface area contributed by atoms with Crippen molar-refractivity contribution < 1.29 is 8.42 Å². The third-order valence-corrected chi connectivity index (χ3v) is 4.51. The van der Waals surface area contributed by atoms with Gasteiger partial charge in [0.2, 0.25) is 10.0 Å². The number of rotatable bonds is 4. The highest BCUT2D eigenvalue weighted by atomic mass is 35.5. The number of hydrogen-bond acceptors (Lipinski definition) is 5. The van der Waals surface area contributed by atoms with Crippen molar-refractivity contribution in [3.05, 3.63) is 52.6 Å². The second-order valence-electron chi connectivity index (χ2n) is 4.23. The maximum absolute atomic E-state index is 12.2. The molecule has 0 saturated heterocycles. The highest BCUT2D eigenvalue weighted by Crippen LogP contribution is 2.22. The number of nitrogens with zero attached hydrogens (tertiary/aromatic N) is 3. The molecule has 21 heavy (non-hydrogen) atoms. The van der Waals surface area contributed by atoms with Crippen LogP contribution in [0.4, 0.5) is 0 Å². The number of sulfonamides is 1. The van der Waals surface area contributed by atoms with Gasteiger partial charge >= 0.3 is 0 Å². The number of benzene rings is 1. The Labute approximate surface area is 127 Å². The average Bonchev–Trinajstić information content (AvgIpc) is 2.46. The fourth-order valence-electron chi connectivity index (χ4n) is 1.55. The van der Waals surface area contributed by atoms with Gasteiger partial charge in [0, 0.05) is 6.20 Å². The fraction of sp³-hybridized carbons (Fsp3) is 0.154. The van der Waals surface area contributed by atoms with E-state index in [4.69, 9.17) is 16.9 Å². The zero-order valence-corrected chi connectivity index (χ0v) is 12.6. The molecule has 0 spiro atoms. The summed E-state index contributed by atoms with van der Waals surface area (Å²) in [5, 5.41) is 8.74. The van der Waals surface area contributed by atoms with Crippen LogP contribution < -0.4 is 4.72 Å². The number of hydrogen-bond donors (Lipinski definition) is 1. The molecule has 1 heterocycles. The molecule has 1 aromatic heterocycles. The van der Waals surface area contributed by atoms with E-state index in [1.165, 1.54) is 24.4 Å². The first-order valence-corrected chi connectivity index (χ1v) is 7.75. The Morgan fingerprint density at radius 2 is 2.10 bits per heavy atom. The van der Waals surface area contributed by atoms with Crippen molar-refractivity contribution in [2.45, 2.75) is 18.4 Å². The molecule has 0 bridgehead atoms. The van der Waals surface area contributed by atoms with Crippen LogP contribution in [0.25, 0.3) is 0 Å². The van der Waals surface area contributed by atoms with Crippen molar-refractivity contribution >= 4 is 21.6 Å². The first-order valence-electron chi connectivity index (χ1n) is 5.89. The molecule has 0 aliphatic heterocycles. The summed E-state index contributed by atoms with van der Waals surface area (Å²) < 4.78 is 26.7. The van der Waals surface area contributed by atoms with Crippen LogP contribution >= 0.6 is 11.6 Å². The molecule has 0 saturated carbocycles. The molecule has 0 aliphatic rings. The number of aryl methyl sites for hydroxylation is 1. The molecule has 108 valence electrons. The van der Waals surface area contributed by atoms with Crippen LogP contribution in [0.2, 0.25) is 5.02 Å². The van der Waals surface area contributed by atoms with Crippen molar-refractivity contribution in [3.8, 4) is 6.07 Å². The second kappa shape index (κ2) is 6.18. The standard InChI is InChI=1S/C13H11ClN4O2S/c1-9-6-17-11(7-16-9)8-18-21(19,20)13-3-2-10(5-15)4-12(13)14/h2-4,6-7,18H,8H2,1H3. The van der Waals surface area contributed by atoms with Gasteiger partial charge in [-0.25, -0.2) is 13.1 Å². The number of aromatic nitrogens is 2. The van der Waals surface area contributed by atoms with Gasteiger partial charge in [-0.1, -0.05) is 11.6 Å². The summed E-state index contributed by atoms with van der Waals surface area (Å²) in [4.78, 5) is 8.01. The van der Waals surface area contributed by atoms with E-state index in [0.717, 1.165) is 5.69 Å². The fourth-order valence-corrected chi connectivity index (χ4v) is 3.09. The van der Waals surface area contributed by atoms with E-state index in [2.05, 4.69) is 14.7 Å². The topological polar surface area (TPSA) is 95.7 Å². The van der Waals surface area contributed by atoms with Gasteiger partial charge in [0.1, 0.15) is 4.90 Å². The predicted molar refractivity (Wildman–Crippen MR) is 77.0 cm³/mol. The van der Waals surface area contributed by atoms with E-state index in [1.54, 1.807) is 13.1 Å². The smallest absolute Gasteiger partial charge is 0.242 e. The summed E-state index contributed by atoms with van der Waals surface area (Å²) in [6.07, 6.45) is 3.05. The van der Waals surface area contributed by atoms with Crippen LogP contribution in [-0.2, 0) is 16.6 Å². The summed E-state index contributed by atoms with van der Waals surface area (Å²) in [6.45, 7) is 1.80. The minimum absolute atomic E-state index is 0.00320. The monoisotopic (exact) mass is 322 g/mol. The average molecular weight is 323 g/mol. The maximum atomic E-state index is 12.2. The van der Waals surface area contributed by atoms with Gasteiger partial charge < -0.3 is 0 Å². The quantitative estimate of drug-likeness (QED) is 0.925. The van der Waals surface area contributed by atoms with Crippen molar-refractivity contribution in [1.82, 2.24) is 14.7 Å². The van der Waals surface area contributed by atoms with Gasteiger partial charge in [0.15, 0.2) is 0 Å². The zero-order chi connectivity index (χ0) is 15.5. The largest absolute Gasteiger partial charge is 0.258 e. The van der Waals surface area contributed by atoms with E-state index in [1.807, 2.05) is 6.07 Å². The van der Waals surface area contributed by atoms with Crippen molar-refractivity contribution in [2.75, 3.05) is 0 Å². The molecule has 2 rings (SSSR count). The van der Waals surface area contributed by atoms with Gasteiger partial charge in [-0.2, -0.15) is 5.26 Å². The molecule has 0 atom stereocenters. The molecule has 0 aliphatic carbocycles. The first kappa shape index (κ1) is 15.4. The van der Waals surface area contributed by atoms with Gasteiger partial charge in [-0.05, 0) is 25.1 Å². The highest BCUT2D eigenvalue weighted by Gasteiger charge is 2.18. The summed E-state index contributed by atoms with van der Waals surface area (Å²) in [5.74, 6) is 0. The van der Waals surface area contributed by atoms with Gasteiger partial charge in [0.25, 0.3) is 0 Å². The van der Waals surface area contributed by atoms with Gasteiger partial charge in [-0.15, -0.1) is 0 Å². The SMILES string of the molecule is Cc1cnc(CNS(=O)(=O)c2ccc(C#N)cc2Cl)cn1. The summed E-state index contributed by atoms with van der Waals surface area (Å²) in [6, 6.07) is 5.89. The molecular formula is C13H11ClN4O2S. The summed E-state index contributed by atoms with van der Waals surface area (Å²) in [5.41, 5.74) is 1.54. The Balaban J connectivity index is 2.19. The lowest BCUT2D eigenvalue weighted by molar-refractivity contribution is 0.580. The number of halogens is 1. The predicted octanol–water partition coefficient (Wildman–Crippen LogP) is 1.79. The van der Waals surface area contributed by atoms with Crippen LogP contribution in [0.1, 0.15) is 17.0 Å². The highest BCUT2D eigenvalue weighted by molar-refractivity contribution is 7.89. The Morgan fingerprint density at radius 1 is 1.33 bits per heavy atom. The van der Waals surface area contributed by atoms with Crippen LogP contribution in [0.3, 0.4) is 0 Å². The van der Waals surface area contributed by atoms with Crippen molar-refractivity contribution in [1.29, 1.82) is 5.26 Å². The number of nitrogens with one attached hydrogen (secondary N) is 1. The van der Waals surface area contributed by atoms with Crippen molar-refractivity contribution in [2.24, 2.45) is 0 Å². The van der Waals surface area contributed by atoms with E-state index >= 15 is 0 Å². The Kier molecular flexibility index (Phi) is 4.53. The van der Waals surface area contributed by atoms with E-state index in [-0.39, 0.29) is 16.5 Å². The zero-order valence-electron chi connectivity index (χ0n) is 11.0. The number of nitriles is 1. The van der Waals surface area contributed by atoms with E-state index in [0.29, 0.717) is 11.3 Å². The minimum atomic E-state index is -3.78. The molecule has 8 heteroatoms. The molecule has 0 radical (unpaired) electrons. The van der Waals surface area contributed by atoms with Crippen LogP contribution in [0.15, 0.2) is 35.5 Å². The van der Waals surface area contributed by atoms with Gasteiger partial charge in [0.05, 0.1) is 40.8 Å². The summed E-state index contributed by atoms with van der Waals surface area (Å²) in [7, 11) is -3.78. The Bertz CT molecular complexity index is 798.